The molecule has 0 fully saturated rings. The Hall–Kier alpha value is -1.08. The van der Waals surface area contributed by atoms with Gasteiger partial charge in [0.05, 0.1) is 0 Å². The number of hydrogen-bond donors (Lipinski definition) is 1. The van der Waals surface area contributed by atoms with Gasteiger partial charge in [-0.3, -0.25) is 0 Å². The number of hydrogen-bond acceptors (Lipinski definition) is 2. The third-order valence-corrected chi connectivity index (χ3v) is 4.89. The van der Waals surface area contributed by atoms with Gasteiger partial charge in [-0.2, -0.15) is 0 Å². The molecule has 78 valence electrons. The molecule has 0 heterocycles. The zero-order chi connectivity index (χ0) is 10.8. The van der Waals surface area contributed by atoms with Crippen molar-refractivity contribution in [3.8, 4) is 0 Å². The molecule has 0 saturated heterocycles. The molecular formula is C10H15O3P. The third kappa shape index (κ3) is 2.46. The summed E-state index contributed by atoms with van der Waals surface area (Å²) in [7, 11) is 0. The fraction of sp³-hybridized carbons (Fsp3) is 0.300. The molecule has 0 aromatic heterocycles. The molecule has 0 bridgehead atoms. The third-order valence-electron chi connectivity index (χ3n) is 2.03. The molecule has 0 amide bonds. The van der Waals surface area contributed by atoms with Crippen LogP contribution in [-0.4, -0.2) is 31.3 Å². The van der Waals surface area contributed by atoms with Crippen LogP contribution < -0.4 is 5.30 Å². The van der Waals surface area contributed by atoms with Gasteiger partial charge >= 0.3 is 83.0 Å². The van der Waals surface area contributed by atoms with Crippen LogP contribution in [0.15, 0.2) is 30.3 Å². The van der Waals surface area contributed by atoms with E-state index in [1.54, 1.807) is 0 Å². The van der Waals surface area contributed by atoms with Crippen molar-refractivity contribution >= 4 is 18.3 Å². The van der Waals surface area contributed by atoms with Gasteiger partial charge in [-0.1, -0.05) is 0 Å². The van der Waals surface area contributed by atoms with Crippen molar-refractivity contribution in [2.24, 2.45) is 0 Å². The van der Waals surface area contributed by atoms with E-state index in [2.05, 4.69) is 0 Å². The van der Waals surface area contributed by atoms with E-state index in [1.165, 1.54) is 0 Å². The Morgan fingerprint density at radius 3 is 2.14 bits per heavy atom. The van der Waals surface area contributed by atoms with Gasteiger partial charge in [0.2, 0.25) is 0 Å². The molecule has 0 aliphatic rings. The Bertz CT molecular complexity index is 337. The Morgan fingerprint density at radius 1 is 1.21 bits per heavy atom. The van der Waals surface area contributed by atoms with Crippen molar-refractivity contribution in [3.05, 3.63) is 30.3 Å². The maximum atomic E-state index is 10.6. The van der Waals surface area contributed by atoms with Crippen molar-refractivity contribution in [1.82, 2.24) is 0 Å². The monoisotopic (exact) mass is 214 g/mol. The predicted octanol–water partition coefficient (Wildman–Crippen LogP) is 2.36. The molecule has 1 aromatic carbocycles. The molecule has 0 unspecified atom stereocenters. The first kappa shape index (κ1) is 11.0. The van der Waals surface area contributed by atoms with Crippen LogP contribution in [0.5, 0.6) is 0 Å². The van der Waals surface area contributed by atoms with Crippen molar-refractivity contribution in [2.75, 3.05) is 20.0 Å². The van der Waals surface area contributed by atoms with Crippen LogP contribution >= 0.6 is 6.83 Å². The van der Waals surface area contributed by atoms with E-state index < -0.39 is 13.0 Å². The minimum atomic E-state index is -2.71. The molecule has 1 N–H and O–H groups in total. The Labute approximate surface area is 83.7 Å². The molecule has 0 aliphatic carbocycles. The van der Waals surface area contributed by atoms with Gasteiger partial charge in [0.15, 0.2) is 0 Å². The molecular weight excluding hydrogens is 199 g/mol. The first-order chi connectivity index (χ1) is 6.30. The van der Waals surface area contributed by atoms with Gasteiger partial charge < -0.3 is 0 Å². The molecule has 0 radical (unpaired) electrons. The quantitative estimate of drug-likeness (QED) is 0.769. The van der Waals surface area contributed by atoms with E-state index >= 15 is 0 Å². The topological polar surface area (TPSA) is 46.5 Å². The molecule has 14 heavy (non-hydrogen) atoms. The van der Waals surface area contributed by atoms with Gasteiger partial charge in [0.1, 0.15) is 0 Å². The average Bonchev–Trinajstić information content (AvgIpc) is 2.02. The summed E-state index contributed by atoms with van der Waals surface area (Å²) in [6.07, 6.45) is -1.21. The fourth-order valence-corrected chi connectivity index (χ4v) is 3.10. The summed E-state index contributed by atoms with van der Waals surface area (Å²) in [5.74, 6) is 0. The predicted molar refractivity (Wildman–Crippen MR) is 59.9 cm³/mol. The summed E-state index contributed by atoms with van der Waals surface area (Å²) in [5, 5.41) is 9.65. The number of benzene rings is 1. The Morgan fingerprint density at radius 2 is 1.71 bits per heavy atom. The van der Waals surface area contributed by atoms with Crippen molar-refractivity contribution < 1.29 is 14.4 Å². The van der Waals surface area contributed by atoms with E-state index in [1.807, 2.05) is 50.3 Å². The van der Waals surface area contributed by atoms with E-state index in [0.717, 1.165) is 5.30 Å². The van der Waals surface area contributed by atoms with Crippen molar-refractivity contribution in [2.45, 2.75) is 0 Å². The van der Waals surface area contributed by atoms with Crippen molar-refractivity contribution in [3.63, 3.8) is 0 Å². The second-order valence-corrected chi connectivity index (χ2v) is 10.3. The molecule has 1 rings (SSSR count). The van der Waals surface area contributed by atoms with E-state index in [4.69, 9.17) is 9.63 Å². The summed E-state index contributed by atoms with van der Waals surface area (Å²) in [4.78, 5) is 10.6. The van der Waals surface area contributed by atoms with E-state index in [-0.39, 0.29) is 0 Å². The number of rotatable bonds is 2. The van der Waals surface area contributed by atoms with Gasteiger partial charge in [0, 0.05) is 0 Å². The first-order valence-electron chi connectivity index (χ1n) is 4.29. The Balaban J connectivity index is 3.11. The first-order valence-corrected chi connectivity index (χ1v) is 7.79. The fourth-order valence-electron chi connectivity index (χ4n) is 1.26. The average molecular weight is 214 g/mol. The maximum absolute atomic E-state index is 10.6. The van der Waals surface area contributed by atoms with Crippen LogP contribution in [0.1, 0.15) is 0 Å². The zero-order valence-electron chi connectivity index (χ0n) is 8.60. The van der Waals surface area contributed by atoms with Gasteiger partial charge in [0.25, 0.3) is 0 Å². The molecule has 0 spiro atoms. The van der Waals surface area contributed by atoms with Crippen LogP contribution in [-0.2, 0) is 4.52 Å². The van der Waals surface area contributed by atoms with Crippen LogP contribution in [0.25, 0.3) is 0 Å². The number of carboxylic acid groups (broad SMARTS) is 1. The van der Waals surface area contributed by atoms with Crippen LogP contribution in [0.2, 0.25) is 0 Å². The van der Waals surface area contributed by atoms with Crippen LogP contribution in [0.3, 0.4) is 0 Å². The molecule has 1 aromatic rings. The van der Waals surface area contributed by atoms with Gasteiger partial charge in [-0.05, 0) is 0 Å². The second-order valence-electron chi connectivity index (χ2n) is 4.34. The summed E-state index contributed by atoms with van der Waals surface area (Å²) in [6, 6.07) is 9.48. The second kappa shape index (κ2) is 3.25. The molecule has 3 nitrogen and oxygen atoms in total. The normalized spacial score (nSPS) is 14.1. The summed E-state index contributed by atoms with van der Waals surface area (Å²) >= 11 is 0. The molecule has 0 aliphatic heterocycles. The number of carbonyl (C=O) groups is 1. The van der Waals surface area contributed by atoms with Crippen molar-refractivity contribution in [1.29, 1.82) is 0 Å². The van der Waals surface area contributed by atoms with E-state index in [0.29, 0.717) is 0 Å². The van der Waals surface area contributed by atoms with E-state index in [9.17, 15) is 4.79 Å². The van der Waals surface area contributed by atoms with Gasteiger partial charge in [-0.25, -0.2) is 0 Å². The van der Waals surface area contributed by atoms with Crippen LogP contribution in [0, 0.1) is 0 Å². The summed E-state index contributed by atoms with van der Waals surface area (Å²) in [6.45, 7) is 2.90. The van der Waals surface area contributed by atoms with Gasteiger partial charge in [-0.15, -0.1) is 0 Å². The van der Waals surface area contributed by atoms with Crippen LogP contribution in [0.4, 0.5) is 4.79 Å². The molecule has 0 saturated carbocycles. The molecule has 0 atom stereocenters. The SMILES string of the molecule is CP(C)(C)(OC(=O)O)c1ccccc1. The standard InChI is InChI=1S/C10H15O3P/c1-14(2,3,13-10(11)12)9-7-5-4-6-8-9/h4-8H,1-3H3,(H,11,12). The molecule has 4 heteroatoms. The Kier molecular flexibility index (Phi) is 2.55. The minimum absolute atomic E-state index is 0.959. The summed E-state index contributed by atoms with van der Waals surface area (Å²) in [5.41, 5.74) is 0. The zero-order valence-corrected chi connectivity index (χ0v) is 9.49. The summed E-state index contributed by atoms with van der Waals surface area (Å²) < 4.78 is 5.06.